The molecule has 2 N–H and O–H groups in total. The predicted molar refractivity (Wildman–Crippen MR) is 111 cm³/mol. The van der Waals surface area contributed by atoms with Gasteiger partial charge in [-0.05, 0) is 18.6 Å². The van der Waals surface area contributed by atoms with Crippen molar-refractivity contribution in [2.45, 2.75) is 19.6 Å². The number of hydrogen-bond donors (Lipinski definition) is 2. The average molecular weight is 415 g/mol. The number of imidazole rings is 1. The van der Waals surface area contributed by atoms with Crippen LogP contribution in [-0.2, 0) is 18.3 Å². The Kier molecular flexibility index (Phi) is 5.60. The van der Waals surface area contributed by atoms with E-state index < -0.39 is 17.4 Å². The third-order valence-electron chi connectivity index (χ3n) is 5.20. The molecule has 1 aromatic carbocycles. The van der Waals surface area contributed by atoms with Crippen molar-refractivity contribution in [3.8, 4) is 5.75 Å². The summed E-state index contributed by atoms with van der Waals surface area (Å²) in [6.07, 6.45) is -0.890. The van der Waals surface area contributed by atoms with E-state index in [1.54, 1.807) is 11.6 Å². The zero-order valence-electron chi connectivity index (χ0n) is 17.0. The van der Waals surface area contributed by atoms with Crippen LogP contribution in [0.1, 0.15) is 5.56 Å². The highest BCUT2D eigenvalue weighted by molar-refractivity contribution is 5.74. The molecule has 30 heavy (non-hydrogen) atoms. The molecule has 0 amide bonds. The van der Waals surface area contributed by atoms with Gasteiger partial charge in [0, 0.05) is 20.1 Å². The van der Waals surface area contributed by atoms with E-state index >= 15 is 0 Å². The summed E-state index contributed by atoms with van der Waals surface area (Å²) in [5, 5.41) is 10.7. The van der Waals surface area contributed by atoms with E-state index in [4.69, 9.17) is 9.47 Å². The van der Waals surface area contributed by atoms with E-state index in [0.717, 1.165) is 5.56 Å². The second kappa shape index (κ2) is 8.33. The summed E-state index contributed by atoms with van der Waals surface area (Å²) >= 11 is 0. The first-order valence-electron chi connectivity index (χ1n) is 9.84. The maximum atomic E-state index is 12.6. The van der Waals surface area contributed by atoms with Gasteiger partial charge in [0.1, 0.15) is 18.5 Å². The van der Waals surface area contributed by atoms with Gasteiger partial charge >= 0.3 is 5.69 Å². The van der Waals surface area contributed by atoms with Gasteiger partial charge in [-0.15, -0.1) is 0 Å². The number of anilines is 1. The second-order valence-corrected chi connectivity index (χ2v) is 7.34. The fraction of sp³-hybridized carbons (Fsp3) is 0.450. The highest BCUT2D eigenvalue weighted by atomic mass is 16.5. The van der Waals surface area contributed by atoms with E-state index in [1.165, 1.54) is 4.57 Å². The zero-order valence-corrected chi connectivity index (χ0v) is 17.0. The lowest BCUT2D eigenvalue weighted by Gasteiger charge is -2.28. The minimum Gasteiger partial charge on any atom is -0.491 e. The Bertz CT molecular complexity index is 1160. The molecule has 1 saturated heterocycles. The van der Waals surface area contributed by atoms with Crippen molar-refractivity contribution in [2.24, 2.45) is 7.05 Å². The number of nitrogens with zero attached hydrogens (tertiary/aromatic N) is 4. The van der Waals surface area contributed by atoms with Crippen LogP contribution in [0.5, 0.6) is 5.75 Å². The quantitative estimate of drug-likeness (QED) is 0.583. The Morgan fingerprint density at radius 2 is 2.00 bits per heavy atom. The number of nitrogens with one attached hydrogen (secondary N) is 1. The van der Waals surface area contributed by atoms with Crippen LogP contribution in [0.4, 0.5) is 5.95 Å². The van der Waals surface area contributed by atoms with Crippen molar-refractivity contribution < 1.29 is 14.6 Å². The summed E-state index contributed by atoms with van der Waals surface area (Å²) in [4.78, 5) is 33.5. The Balaban J connectivity index is 1.67. The number of para-hydroxylation sites is 1. The molecule has 0 spiro atoms. The molecule has 0 aliphatic carbocycles. The van der Waals surface area contributed by atoms with Crippen LogP contribution in [0.25, 0.3) is 11.2 Å². The Hall–Kier alpha value is -3.11. The molecule has 3 heterocycles. The molecular weight excluding hydrogens is 390 g/mol. The number of aromatic amines is 1. The third kappa shape index (κ3) is 3.83. The van der Waals surface area contributed by atoms with Gasteiger partial charge in [0.15, 0.2) is 11.2 Å². The van der Waals surface area contributed by atoms with Gasteiger partial charge in [0.05, 0.1) is 19.8 Å². The number of aliphatic hydroxyl groups is 1. The number of ether oxygens (including phenoxy) is 2. The number of aromatic nitrogens is 4. The molecule has 0 unspecified atom stereocenters. The summed E-state index contributed by atoms with van der Waals surface area (Å²) < 4.78 is 14.1. The molecular formula is C20H25N5O5. The van der Waals surface area contributed by atoms with Crippen LogP contribution in [-0.4, -0.2) is 63.2 Å². The van der Waals surface area contributed by atoms with Gasteiger partial charge in [-0.3, -0.25) is 14.3 Å². The van der Waals surface area contributed by atoms with Crippen molar-refractivity contribution in [3.63, 3.8) is 0 Å². The largest absolute Gasteiger partial charge is 0.491 e. The maximum absolute atomic E-state index is 12.6. The second-order valence-electron chi connectivity index (χ2n) is 7.34. The number of benzene rings is 1. The number of aliphatic hydroxyl groups excluding tert-OH is 1. The van der Waals surface area contributed by atoms with Gasteiger partial charge < -0.3 is 24.0 Å². The van der Waals surface area contributed by atoms with Crippen LogP contribution in [0.2, 0.25) is 0 Å². The first-order chi connectivity index (χ1) is 14.5. The molecule has 0 radical (unpaired) electrons. The lowest BCUT2D eigenvalue weighted by Crippen LogP contribution is -2.39. The van der Waals surface area contributed by atoms with E-state index in [2.05, 4.69) is 9.97 Å². The smallest absolute Gasteiger partial charge is 0.329 e. The molecule has 10 heteroatoms. The summed E-state index contributed by atoms with van der Waals surface area (Å²) in [5.41, 5.74) is 0.422. The molecule has 2 aromatic heterocycles. The Morgan fingerprint density at radius 3 is 2.73 bits per heavy atom. The molecule has 1 atom stereocenters. The molecule has 0 saturated carbocycles. The highest BCUT2D eigenvalue weighted by Gasteiger charge is 2.24. The number of fused-ring (bicyclic) bond motifs is 1. The predicted octanol–water partition coefficient (Wildman–Crippen LogP) is 0.00822. The number of H-pyrrole nitrogens is 1. The molecule has 3 aromatic rings. The molecule has 160 valence electrons. The van der Waals surface area contributed by atoms with Crippen LogP contribution in [0, 0.1) is 6.92 Å². The topological polar surface area (TPSA) is 115 Å². The molecule has 0 bridgehead atoms. The van der Waals surface area contributed by atoms with Crippen molar-refractivity contribution in [1.29, 1.82) is 0 Å². The van der Waals surface area contributed by atoms with Crippen molar-refractivity contribution in [3.05, 3.63) is 50.7 Å². The van der Waals surface area contributed by atoms with Crippen molar-refractivity contribution in [2.75, 3.05) is 37.8 Å². The molecule has 10 nitrogen and oxygen atoms in total. The normalized spacial score (nSPS) is 15.5. The lowest BCUT2D eigenvalue weighted by atomic mass is 10.2. The minimum atomic E-state index is -0.890. The molecule has 1 aliphatic heterocycles. The van der Waals surface area contributed by atoms with E-state index in [1.807, 2.05) is 36.1 Å². The van der Waals surface area contributed by atoms with E-state index in [0.29, 0.717) is 38.0 Å². The number of morpholine rings is 1. The minimum absolute atomic E-state index is 0.0523. The first kappa shape index (κ1) is 20.2. The zero-order chi connectivity index (χ0) is 21.3. The fourth-order valence-corrected chi connectivity index (χ4v) is 3.57. The fourth-order valence-electron chi connectivity index (χ4n) is 3.57. The van der Waals surface area contributed by atoms with Crippen molar-refractivity contribution in [1.82, 2.24) is 19.1 Å². The van der Waals surface area contributed by atoms with Gasteiger partial charge in [0.25, 0.3) is 5.56 Å². The number of rotatable bonds is 6. The van der Waals surface area contributed by atoms with E-state index in [-0.39, 0.29) is 24.3 Å². The van der Waals surface area contributed by atoms with Gasteiger partial charge in [-0.2, -0.15) is 4.98 Å². The maximum Gasteiger partial charge on any atom is 0.329 e. The van der Waals surface area contributed by atoms with Crippen LogP contribution in [0.15, 0.2) is 33.9 Å². The molecule has 1 aliphatic rings. The monoisotopic (exact) mass is 415 g/mol. The van der Waals surface area contributed by atoms with Gasteiger partial charge in [0.2, 0.25) is 5.95 Å². The number of hydrogen-bond acceptors (Lipinski definition) is 7. The number of aryl methyl sites for hydroxylation is 2. The molecule has 4 rings (SSSR count). The summed E-state index contributed by atoms with van der Waals surface area (Å²) in [5.74, 6) is 1.22. The first-order valence-corrected chi connectivity index (χ1v) is 9.84. The summed E-state index contributed by atoms with van der Waals surface area (Å²) in [6, 6.07) is 7.56. The van der Waals surface area contributed by atoms with Crippen LogP contribution in [0.3, 0.4) is 0 Å². The Morgan fingerprint density at radius 1 is 1.27 bits per heavy atom. The standard InChI is InChI=1S/C20H25N5O5/c1-13-5-3-4-6-15(13)30-12-14(26)11-25-16-17(23(2)20(28)22-18(16)27)21-19(25)24-7-9-29-10-8-24/h3-6,14,26H,7-12H2,1-2H3,(H,22,27,28)/t14-/m0/s1. The Labute approximate surface area is 172 Å². The van der Waals surface area contributed by atoms with Gasteiger partial charge in [-0.1, -0.05) is 18.2 Å². The highest BCUT2D eigenvalue weighted by Crippen LogP contribution is 2.22. The lowest BCUT2D eigenvalue weighted by molar-refractivity contribution is 0.0924. The average Bonchev–Trinajstić information content (AvgIpc) is 3.12. The van der Waals surface area contributed by atoms with Crippen LogP contribution < -0.4 is 20.9 Å². The van der Waals surface area contributed by atoms with E-state index in [9.17, 15) is 14.7 Å². The SMILES string of the molecule is Cc1ccccc1OC[C@@H](O)Cn1c(N2CCOCC2)nc2c1c(=O)[nH]c(=O)n2C. The van der Waals surface area contributed by atoms with Crippen LogP contribution >= 0.6 is 0 Å². The summed E-state index contributed by atoms with van der Waals surface area (Å²) in [6.45, 7) is 4.36. The van der Waals surface area contributed by atoms with Crippen molar-refractivity contribution >= 4 is 17.1 Å². The third-order valence-corrected chi connectivity index (χ3v) is 5.20. The van der Waals surface area contributed by atoms with Gasteiger partial charge in [-0.25, -0.2) is 4.79 Å². The molecule has 1 fully saturated rings. The summed E-state index contributed by atoms with van der Waals surface area (Å²) in [7, 11) is 1.55.